The van der Waals surface area contributed by atoms with E-state index in [0.717, 1.165) is 0 Å². The van der Waals surface area contributed by atoms with E-state index in [1.807, 2.05) is 0 Å². The summed E-state index contributed by atoms with van der Waals surface area (Å²) in [6, 6.07) is 8.46. The van der Waals surface area contributed by atoms with Crippen molar-refractivity contribution in [2.24, 2.45) is 0 Å². The number of hydrogen-bond donors (Lipinski definition) is 16. The van der Waals surface area contributed by atoms with Gasteiger partial charge in [-0.1, -0.05) is 12.1 Å². The van der Waals surface area contributed by atoms with Gasteiger partial charge in [0, 0.05) is 12.1 Å². The Morgan fingerprint density at radius 3 is 0.889 bits per heavy atom. The van der Waals surface area contributed by atoms with Crippen molar-refractivity contribution < 1.29 is 120 Å². The van der Waals surface area contributed by atoms with E-state index < -0.39 is 149 Å². The molecular weight excluding hydrogens is 852 g/mol. The van der Waals surface area contributed by atoms with Crippen molar-refractivity contribution in [2.45, 2.75) is 142 Å². The SMILES string of the molecule is OC[C@H]1OC(Oc2ccc(CCCc3ccc(OC4O[C@H](CO)[C@@H](O)[C@H](O)[C@@H]4O)cc3OC3O[C@H](CO)[C@@H](O)[C@H](O)[C@@H]3O)c(OC3O[C@H](CO)[C@@H](O)[C@H](O)[C@@H]3O)c2)[C@@H](O)[C@@H](O)[C@@H]1O. The zero-order valence-electron chi connectivity index (χ0n) is 33.4. The highest BCUT2D eigenvalue weighted by atomic mass is 16.7. The second-order valence-corrected chi connectivity index (χ2v) is 15.7. The van der Waals surface area contributed by atoms with Crippen molar-refractivity contribution in [3.63, 3.8) is 0 Å². The van der Waals surface area contributed by atoms with Gasteiger partial charge in [0.2, 0.25) is 25.2 Å². The van der Waals surface area contributed by atoms with Crippen LogP contribution < -0.4 is 18.9 Å². The maximum absolute atomic E-state index is 10.8. The summed E-state index contributed by atoms with van der Waals surface area (Å²) in [5, 5.41) is 164. The molecule has 24 heteroatoms. The van der Waals surface area contributed by atoms with Crippen LogP contribution in [0.15, 0.2) is 36.4 Å². The second kappa shape index (κ2) is 21.4. The Balaban J connectivity index is 1.26. The Bertz CT molecular complexity index is 1630. The van der Waals surface area contributed by atoms with Crippen LogP contribution >= 0.6 is 0 Å². The fourth-order valence-electron chi connectivity index (χ4n) is 7.50. The van der Waals surface area contributed by atoms with Crippen LogP contribution in [-0.4, -0.2) is 231 Å². The maximum atomic E-state index is 10.8. The summed E-state index contributed by atoms with van der Waals surface area (Å²) in [6.45, 7) is -2.95. The number of rotatable bonds is 16. The van der Waals surface area contributed by atoms with Crippen LogP contribution in [0.1, 0.15) is 17.5 Å². The minimum absolute atomic E-state index is 0.0394. The van der Waals surface area contributed by atoms with Crippen molar-refractivity contribution in [1.29, 1.82) is 0 Å². The van der Waals surface area contributed by atoms with Gasteiger partial charge >= 0.3 is 0 Å². The van der Waals surface area contributed by atoms with E-state index in [1.165, 1.54) is 36.4 Å². The molecule has 0 bridgehead atoms. The molecule has 2 aromatic rings. The average Bonchev–Trinajstić information content (AvgIpc) is 3.28. The highest BCUT2D eigenvalue weighted by molar-refractivity contribution is 5.43. The smallest absolute Gasteiger partial charge is 0.229 e. The quantitative estimate of drug-likeness (QED) is 0.0744. The van der Waals surface area contributed by atoms with Gasteiger partial charge in [0.1, 0.15) is 121 Å². The van der Waals surface area contributed by atoms with E-state index in [-0.39, 0.29) is 42.3 Å². The molecule has 0 radical (unpaired) electrons. The molecule has 4 heterocycles. The first-order valence-corrected chi connectivity index (χ1v) is 20.2. The van der Waals surface area contributed by atoms with Crippen molar-refractivity contribution in [3.8, 4) is 23.0 Å². The molecular formula is C39H56O24. The first kappa shape index (κ1) is 49.3. The Morgan fingerprint density at radius 1 is 0.349 bits per heavy atom. The molecule has 20 atom stereocenters. The average molecular weight is 909 g/mol. The van der Waals surface area contributed by atoms with E-state index >= 15 is 0 Å². The normalized spacial score (nSPS) is 40.9. The van der Waals surface area contributed by atoms with Crippen molar-refractivity contribution in [1.82, 2.24) is 0 Å². The minimum atomic E-state index is -1.82. The fraction of sp³-hybridized carbons (Fsp3) is 0.692. The van der Waals surface area contributed by atoms with Crippen LogP contribution in [0.2, 0.25) is 0 Å². The number of hydrogen-bond acceptors (Lipinski definition) is 24. The number of benzene rings is 2. The second-order valence-electron chi connectivity index (χ2n) is 15.7. The molecule has 0 saturated carbocycles. The molecule has 4 saturated heterocycles. The molecule has 24 nitrogen and oxygen atoms in total. The molecule has 356 valence electrons. The zero-order chi connectivity index (χ0) is 45.9. The molecule has 16 N–H and O–H groups in total. The summed E-state index contributed by atoms with van der Waals surface area (Å²) in [5.74, 6) is -0.175. The fourth-order valence-corrected chi connectivity index (χ4v) is 7.50. The van der Waals surface area contributed by atoms with Crippen LogP contribution in [-0.2, 0) is 31.8 Å². The standard InChI is InChI=1S/C39H56O24/c40-10-20-24(44)28(48)32(52)36(60-20)56-16-6-4-14(18(8-16)58-38-34(54)30(50)26(46)22(12-42)62-38)2-1-3-15-5-7-17(57-37-33(53)29(49)25(45)21(11-41)61-37)9-19(15)59-39-35(55)31(51)27(47)23(13-43)63-39/h4-9,20-55H,1-3,10-13H2/t20-,21-,22-,23-,24-,25-,26-,27-,28+,29+,30+,31+,32+,33+,34+,35+,36?,37?,38?,39?/m1/s1. The number of aryl methyl sites for hydroxylation is 2. The van der Waals surface area contributed by atoms with E-state index in [9.17, 15) is 81.7 Å². The predicted octanol–water partition coefficient (Wildman–Crippen LogP) is -7.42. The minimum Gasteiger partial charge on any atom is -0.462 e. The van der Waals surface area contributed by atoms with E-state index in [4.69, 9.17) is 37.9 Å². The summed E-state index contributed by atoms with van der Waals surface area (Å²) in [4.78, 5) is 0. The van der Waals surface area contributed by atoms with Crippen LogP contribution in [0.3, 0.4) is 0 Å². The molecule has 2 aromatic carbocycles. The summed E-state index contributed by atoms with van der Waals surface area (Å²) in [7, 11) is 0. The van der Waals surface area contributed by atoms with E-state index in [0.29, 0.717) is 11.1 Å². The molecule has 6 rings (SSSR count). The Labute approximate surface area is 358 Å². The van der Waals surface area contributed by atoms with Gasteiger partial charge in [-0.3, -0.25) is 0 Å². The Kier molecular flexibility index (Phi) is 16.8. The Hall–Kier alpha value is -3.16. The summed E-state index contributed by atoms with van der Waals surface area (Å²) >= 11 is 0. The first-order chi connectivity index (χ1) is 30.0. The first-order valence-electron chi connectivity index (χ1n) is 20.2. The third kappa shape index (κ3) is 10.8. The number of aliphatic hydroxyl groups excluding tert-OH is 16. The summed E-state index contributed by atoms with van der Waals surface area (Å²) < 4.78 is 45.5. The van der Waals surface area contributed by atoms with Gasteiger partial charge in [-0.05, 0) is 42.5 Å². The number of aliphatic hydroxyl groups is 16. The molecule has 4 unspecified atom stereocenters. The van der Waals surface area contributed by atoms with Crippen LogP contribution in [0, 0.1) is 0 Å². The highest BCUT2D eigenvalue weighted by Gasteiger charge is 2.48. The van der Waals surface area contributed by atoms with Crippen LogP contribution in [0.5, 0.6) is 23.0 Å². The lowest BCUT2D eigenvalue weighted by Gasteiger charge is -2.40. The van der Waals surface area contributed by atoms with Gasteiger partial charge in [0.05, 0.1) is 26.4 Å². The molecule has 0 aromatic heterocycles. The van der Waals surface area contributed by atoms with Crippen molar-refractivity contribution in [2.75, 3.05) is 26.4 Å². The number of ether oxygens (including phenoxy) is 8. The predicted molar refractivity (Wildman–Crippen MR) is 202 cm³/mol. The lowest BCUT2D eigenvalue weighted by atomic mass is 9.98. The Morgan fingerprint density at radius 2 is 0.619 bits per heavy atom. The lowest BCUT2D eigenvalue weighted by molar-refractivity contribution is -0.278. The van der Waals surface area contributed by atoms with E-state index in [1.54, 1.807) is 0 Å². The third-order valence-corrected chi connectivity index (χ3v) is 11.4. The van der Waals surface area contributed by atoms with Gasteiger partial charge < -0.3 is 120 Å². The summed E-state index contributed by atoms with van der Waals surface area (Å²) in [6.07, 6.45) is -32.2. The van der Waals surface area contributed by atoms with Gasteiger partial charge in [0.25, 0.3) is 0 Å². The summed E-state index contributed by atoms with van der Waals surface area (Å²) in [5.41, 5.74) is 0.819. The van der Waals surface area contributed by atoms with Crippen molar-refractivity contribution in [3.05, 3.63) is 47.5 Å². The monoisotopic (exact) mass is 908 g/mol. The van der Waals surface area contributed by atoms with Gasteiger partial charge in [0.15, 0.2) is 0 Å². The van der Waals surface area contributed by atoms with Crippen LogP contribution in [0.4, 0.5) is 0 Å². The topological polar surface area (TPSA) is 398 Å². The largest absolute Gasteiger partial charge is 0.462 e. The zero-order valence-corrected chi connectivity index (χ0v) is 33.4. The molecule has 0 aliphatic carbocycles. The molecule has 63 heavy (non-hydrogen) atoms. The molecule has 4 aliphatic rings. The maximum Gasteiger partial charge on any atom is 0.229 e. The third-order valence-electron chi connectivity index (χ3n) is 11.4. The van der Waals surface area contributed by atoms with Gasteiger partial charge in [-0.15, -0.1) is 0 Å². The molecule has 4 fully saturated rings. The van der Waals surface area contributed by atoms with Gasteiger partial charge in [-0.2, -0.15) is 0 Å². The lowest BCUT2D eigenvalue weighted by Crippen LogP contribution is -2.60. The van der Waals surface area contributed by atoms with E-state index in [2.05, 4.69) is 0 Å². The molecule has 0 amide bonds. The van der Waals surface area contributed by atoms with Gasteiger partial charge in [-0.25, -0.2) is 0 Å². The molecule has 0 spiro atoms. The molecule has 4 aliphatic heterocycles. The van der Waals surface area contributed by atoms with Crippen molar-refractivity contribution >= 4 is 0 Å². The van der Waals surface area contributed by atoms with Crippen LogP contribution in [0.25, 0.3) is 0 Å². The highest BCUT2D eigenvalue weighted by Crippen LogP contribution is 2.36.